The maximum atomic E-state index is 11.3. The Bertz CT molecular complexity index is 318. The van der Waals surface area contributed by atoms with E-state index in [9.17, 15) is 4.79 Å². The van der Waals surface area contributed by atoms with Crippen LogP contribution in [0.3, 0.4) is 0 Å². The summed E-state index contributed by atoms with van der Waals surface area (Å²) in [5.74, 6) is 0.748. The first-order chi connectivity index (χ1) is 6.19. The normalized spacial score (nSPS) is 10.1. The third kappa shape index (κ3) is 2.34. The maximum absolute atomic E-state index is 11.3. The lowest BCUT2D eigenvalue weighted by Crippen LogP contribution is -1.99. The van der Waals surface area contributed by atoms with Crippen molar-refractivity contribution in [2.45, 2.75) is 26.0 Å². The van der Waals surface area contributed by atoms with E-state index in [0.717, 1.165) is 17.5 Å². The number of hydrogen-bond acceptors (Lipinski definition) is 2. The average Bonchev–Trinajstić information content (AvgIpc) is 2.16. The Morgan fingerprint density at radius 1 is 1.46 bits per heavy atom. The Labute approximate surface area is 84.6 Å². The van der Waals surface area contributed by atoms with Crippen molar-refractivity contribution in [2.75, 3.05) is 0 Å². The minimum atomic E-state index is 0.124. The number of aryl methyl sites for hydroxylation is 1. The van der Waals surface area contributed by atoms with Crippen molar-refractivity contribution in [1.29, 1.82) is 0 Å². The molecule has 1 nitrogen and oxygen atoms in total. The van der Waals surface area contributed by atoms with Gasteiger partial charge in [-0.05, 0) is 30.5 Å². The first-order valence-corrected chi connectivity index (χ1v) is 5.06. The van der Waals surface area contributed by atoms with Gasteiger partial charge in [-0.1, -0.05) is 19.1 Å². The molecule has 1 rings (SSSR count). The third-order valence-electron chi connectivity index (χ3n) is 2.13. The molecule has 0 N–H and O–H groups in total. The summed E-state index contributed by atoms with van der Waals surface area (Å²) in [6, 6.07) is 6.01. The van der Waals surface area contributed by atoms with Crippen molar-refractivity contribution in [3.63, 3.8) is 0 Å². The van der Waals surface area contributed by atoms with Crippen LogP contribution in [-0.2, 0) is 12.2 Å². The highest BCUT2D eigenvalue weighted by Gasteiger charge is 2.05. The monoisotopic (exact) mass is 194 g/mol. The summed E-state index contributed by atoms with van der Waals surface area (Å²) in [6.45, 7) is 3.68. The van der Waals surface area contributed by atoms with Gasteiger partial charge < -0.3 is 0 Å². The highest BCUT2D eigenvalue weighted by atomic mass is 32.1. The third-order valence-corrected chi connectivity index (χ3v) is 2.47. The van der Waals surface area contributed by atoms with E-state index in [1.165, 1.54) is 5.56 Å². The number of ketones is 1. The lowest BCUT2D eigenvalue weighted by molar-refractivity contribution is 0.101. The molecule has 0 saturated heterocycles. The second-order valence-electron chi connectivity index (χ2n) is 3.06. The Morgan fingerprint density at radius 2 is 2.15 bits per heavy atom. The zero-order valence-corrected chi connectivity index (χ0v) is 8.90. The van der Waals surface area contributed by atoms with Gasteiger partial charge in [0.05, 0.1) is 0 Å². The van der Waals surface area contributed by atoms with Gasteiger partial charge in [-0.2, -0.15) is 12.6 Å². The number of benzene rings is 1. The molecule has 13 heavy (non-hydrogen) atoms. The van der Waals surface area contributed by atoms with Gasteiger partial charge >= 0.3 is 0 Å². The fourth-order valence-corrected chi connectivity index (χ4v) is 1.58. The molecule has 0 bridgehead atoms. The molecule has 0 saturated carbocycles. The molecule has 0 fully saturated rings. The van der Waals surface area contributed by atoms with Gasteiger partial charge in [-0.15, -0.1) is 0 Å². The predicted molar refractivity (Wildman–Crippen MR) is 58.5 cm³/mol. The molecule has 0 aromatic heterocycles. The van der Waals surface area contributed by atoms with E-state index in [1.54, 1.807) is 6.92 Å². The largest absolute Gasteiger partial charge is 0.295 e. The van der Waals surface area contributed by atoms with E-state index in [0.29, 0.717) is 5.75 Å². The van der Waals surface area contributed by atoms with Crippen LogP contribution in [-0.4, -0.2) is 5.78 Å². The predicted octanol–water partition coefficient (Wildman–Crippen LogP) is 2.88. The number of carbonyl (C=O) groups is 1. The molecular weight excluding hydrogens is 180 g/mol. The number of Topliss-reactive ketones (excluding diaryl/α,β-unsaturated/α-hetero) is 1. The fourth-order valence-electron chi connectivity index (χ4n) is 1.31. The van der Waals surface area contributed by atoms with Crippen LogP contribution in [0.1, 0.15) is 35.3 Å². The first kappa shape index (κ1) is 10.3. The fraction of sp³-hybridized carbons (Fsp3) is 0.364. The summed E-state index contributed by atoms with van der Waals surface area (Å²) in [5.41, 5.74) is 3.04. The molecule has 0 atom stereocenters. The second-order valence-corrected chi connectivity index (χ2v) is 3.38. The standard InChI is InChI=1S/C11H14OS/c1-3-9-4-5-10(7-13)11(6-9)8(2)12/h4-6,13H,3,7H2,1-2H3. The molecule has 0 spiro atoms. The lowest BCUT2D eigenvalue weighted by Gasteiger charge is -2.05. The van der Waals surface area contributed by atoms with Gasteiger partial charge in [0.2, 0.25) is 0 Å². The Kier molecular flexibility index (Phi) is 3.55. The van der Waals surface area contributed by atoms with Crippen LogP contribution in [0.15, 0.2) is 18.2 Å². The number of rotatable bonds is 3. The molecule has 0 aliphatic carbocycles. The Morgan fingerprint density at radius 3 is 2.62 bits per heavy atom. The second kappa shape index (κ2) is 4.47. The molecule has 1 aromatic rings. The van der Waals surface area contributed by atoms with Crippen LogP contribution in [0.25, 0.3) is 0 Å². The van der Waals surface area contributed by atoms with Crippen molar-refractivity contribution in [3.05, 3.63) is 34.9 Å². The average molecular weight is 194 g/mol. The summed E-state index contributed by atoms with van der Waals surface area (Å²) in [5, 5.41) is 0. The highest BCUT2D eigenvalue weighted by molar-refractivity contribution is 7.79. The van der Waals surface area contributed by atoms with Crippen LogP contribution in [0.4, 0.5) is 0 Å². The van der Waals surface area contributed by atoms with Crippen LogP contribution in [0.5, 0.6) is 0 Å². The smallest absolute Gasteiger partial charge is 0.160 e. The number of hydrogen-bond donors (Lipinski definition) is 1. The molecule has 70 valence electrons. The summed E-state index contributed by atoms with van der Waals surface area (Å²) in [6.07, 6.45) is 0.965. The van der Waals surface area contributed by atoms with Crippen LogP contribution >= 0.6 is 12.6 Å². The summed E-state index contributed by atoms with van der Waals surface area (Å²) in [4.78, 5) is 11.3. The van der Waals surface area contributed by atoms with Gasteiger partial charge in [-0.3, -0.25) is 4.79 Å². The van der Waals surface area contributed by atoms with Gasteiger partial charge in [0.1, 0.15) is 0 Å². The van der Waals surface area contributed by atoms with Gasteiger partial charge in [0.15, 0.2) is 5.78 Å². The zero-order valence-electron chi connectivity index (χ0n) is 8.00. The van der Waals surface area contributed by atoms with Crippen molar-refractivity contribution in [1.82, 2.24) is 0 Å². The molecule has 0 amide bonds. The van der Waals surface area contributed by atoms with E-state index in [2.05, 4.69) is 25.6 Å². The molecule has 0 unspecified atom stereocenters. The molecular formula is C11H14OS. The minimum absolute atomic E-state index is 0.124. The lowest BCUT2D eigenvalue weighted by atomic mass is 10.0. The van der Waals surface area contributed by atoms with E-state index < -0.39 is 0 Å². The molecule has 1 aromatic carbocycles. The number of thiol groups is 1. The van der Waals surface area contributed by atoms with Crippen LogP contribution < -0.4 is 0 Å². The van der Waals surface area contributed by atoms with Crippen molar-refractivity contribution in [3.8, 4) is 0 Å². The minimum Gasteiger partial charge on any atom is -0.295 e. The van der Waals surface area contributed by atoms with Gasteiger partial charge in [0.25, 0.3) is 0 Å². The van der Waals surface area contributed by atoms with Crippen molar-refractivity contribution >= 4 is 18.4 Å². The molecule has 0 aliphatic heterocycles. The van der Waals surface area contributed by atoms with Crippen LogP contribution in [0.2, 0.25) is 0 Å². The molecule has 0 radical (unpaired) electrons. The Balaban J connectivity index is 3.18. The molecule has 0 heterocycles. The van der Waals surface area contributed by atoms with E-state index in [-0.39, 0.29) is 5.78 Å². The zero-order chi connectivity index (χ0) is 9.84. The summed E-state index contributed by atoms with van der Waals surface area (Å²) in [7, 11) is 0. The van der Waals surface area contributed by atoms with Gasteiger partial charge in [-0.25, -0.2) is 0 Å². The maximum Gasteiger partial charge on any atom is 0.160 e. The van der Waals surface area contributed by atoms with Crippen molar-refractivity contribution < 1.29 is 4.79 Å². The van der Waals surface area contributed by atoms with E-state index >= 15 is 0 Å². The van der Waals surface area contributed by atoms with Crippen molar-refractivity contribution in [2.24, 2.45) is 0 Å². The van der Waals surface area contributed by atoms with Gasteiger partial charge in [0, 0.05) is 11.3 Å². The summed E-state index contributed by atoms with van der Waals surface area (Å²) < 4.78 is 0. The summed E-state index contributed by atoms with van der Waals surface area (Å²) >= 11 is 4.19. The first-order valence-electron chi connectivity index (χ1n) is 4.42. The number of carbonyl (C=O) groups excluding carboxylic acids is 1. The quantitative estimate of drug-likeness (QED) is 0.578. The highest BCUT2D eigenvalue weighted by Crippen LogP contribution is 2.15. The molecule has 2 heteroatoms. The SMILES string of the molecule is CCc1ccc(CS)c(C(C)=O)c1. The van der Waals surface area contributed by atoms with E-state index in [1.807, 2.05) is 12.1 Å². The topological polar surface area (TPSA) is 17.1 Å². The van der Waals surface area contributed by atoms with Crippen LogP contribution in [0, 0.1) is 0 Å². The Hall–Kier alpha value is -0.760. The van der Waals surface area contributed by atoms with E-state index in [4.69, 9.17) is 0 Å². The molecule has 0 aliphatic rings.